The van der Waals surface area contributed by atoms with Crippen molar-refractivity contribution in [2.75, 3.05) is 0 Å². The summed E-state index contributed by atoms with van der Waals surface area (Å²) in [5, 5.41) is 0.630. The van der Waals surface area contributed by atoms with Crippen molar-refractivity contribution in [2.45, 2.75) is 63.9 Å². The number of rotatable bonds is 4. The molecule has 1 fully saturated rings. The highest BCUT2D eigenvalue weighted by atomic mass is 31.0. The summed E-state index contributed by atoms with van der Waals surface area (Å²) in [6.07, 6.45) is 9.99. The van der Waals surface area contributed by atoms with E-state index in [2.05, 4.69) is 23.1 Å². The summed E-state index contributed by atoms with van der Waals surface area (Å²) in [4.78, 5) is 0. The minimum Gasteiger partial charge on any atom is -0.131 e. The maximum Gasteiger partial charge on any atom is -0.0122 e. The quantitative estimate of drug-likeness (QED) is 0.582. The van der Waals surface area contributed by atoms with Crippen molar-refractivity contribution in [1.29, 1.82) is 0 Å². The molecule has 0 heterocycles. The molecule has 1 aliphatic carbocycles. The van der Waals surface area contributed by atoms with Gasteiger partial charge in [-0.1, -0.05) is 33.1 Å². The first-order chi connectivity index (χ1) is 5.73. The van der Waals surface area contributed by atoms with E-state index in [4.69, 9.17) is 0 Å². The first-order valence-electron chi connectivity index (χ1n) is 5.52. The summed E-state index contributed by atoms with van der Waals surface area (Å²) < 4.78 is 0. The summed E-state index contributed by atoms with van der Waals surface area (Å²) in [5.74, 6) is 1.01. The summed E-state index contributed by atoms with van der Waals surface area (Å²) in [5.41, 5.74) is 0. The van der Waals surface area contributed by atoms with E-state index in [0.29, 0.717) is 5.16 Å². The van der Waals surface area contributed by atoms with Gasteiger partial charge < -0.3 is 0 Å². The molecule has 12 heavy (non-hydrogen) atoms. The van der Waals surface area contributed by atoms with E-state index < -0.39 is 0 Å². The largest absolute Gasteiger partial charge is 0.131 e. The van der Waals surface area contributed by atoms with Gasteiger partial charge >= 0.3 is 0 Å². The van der Waals surface area contributed by atoms with Crippen LogP contribution < -0.4 is 0 Å². The van der Waals surface area contributed by atoms with Crippen LogP contribution in [0.15, 0.2) is 0 Å². The van der Waals surface area contributed by atoms with Gasteiger partial charge in [0, 0.05) is 0 Å². The van der Waals surface area contributed by atoms with Gasteiger partial charge in [0.1, 0.15) is 0 Å². The summed E-state index contributed by atoms with van der Waals surface area (Å²) in [6.45, 7) is 4.63. The van der Waals surface area contributed by atoms with Gasteiger partial charge in [0.25, 0.3) is 0 Å². The van der Waals surface area contributed by atoms with Gasteiger partial charge in [0.05, 0.1) is 0 Å². The van der Waals surface area contributed by atoms with Gasteiger partial charge in [-0.3, -0.25) is 0 Å². The van der Waals surface area contributed by atoms with Gasteiger partial charge in [0.15, 0.2) is 0 Å². The van der Waals surface area contributed by atoms with E-state index >= 15 is 0 Å². The fourth-order valence-corrected chi connectivity index (χ4v) is 3.57. The molecular formula is C11H23P. The zero-order chi connectivity index (χ0) is 9.03. The van der Waals surface area contributed by atoms with E-state index in [1.807, 2.05) is 0 Å². The molecule has 1 heteroatoms. The smallest absolute Gasteiger partial charge is 0.0122 e. The molecule has 3 unspecified atom stereocenters. The van der Waals surface area contributed by atoms with Crippen LogP contribution in [0.5, 0.6) is 0 Å². The molecule has 0 saturated heterocycles. The molecule has 0 aromatic heterocycles. The Bertz CT molecular complexity index is 133. The van der Waals surface area contributed by atoms with E-state index in [9.17, 15) is 0 Å². The maximum atomic E-state index is 3.16. The molecule has 0 amide bonds. The van der Waals surface area contributed by atoms with Crippen molar-refractivity contribution in [3.8, 4) is 0 Å². The van der Waals surface area contributed by atoms with Crippen molar-refractivity contribution in [1.82, 2.24) is 0 Å². The van der Waals surface area contributed by atoms with Gasteiger partial charge in [-0.2, -0.15) is 0 Å². The van der Waals surface area contributed by atoms with Crippen LogP contribution in [0.1, 0.15) is 58.8 Å². The normalized spacial score (nSPS) is 35.8. The third-order valence-electron chi connectivity index (χ3n) is 3.36. The average molecular weight is 186 g/mol. The average Bonchev–Trinajstić information content (AvgIpc) is 2.35. The Hall–Kier alpha value is 0.430. The van der Waals surface area contributed by atoms with Crippen LogP contribution in [0, 0.1) is 5.92 Å². The lowest BCUT2D eigenvalue weighted by Gasteiger charge is -2.31. The lowest BCUT2D eigenvalue weighted by molar-refractivity contribution is 0.377. The minimum atomic E-state index is 0.630. The summed E-state index contributed by atoms with van der Waals surface area (Å²) in [7, 11) is 3.16. The van der Waals surface area contributed by atoms with Crippen molar-refractivity contribution in [2.24, 2.45) is 5.92 Å². The molecule has 0 bridgehead atoms. The Labute approximate surface area is 79.7 Å². The maximum absolute atomic E-state index is 3.16. The molecule has 0 radical (unpaired) electrons. The van der Waals surface area contributed by atoms with Crippen LogP contribution in [-0.4, -0.2) is 5.16 Å². The Morgan fingerprint density at radius 3 is 2.67 bits per heavy atom. The molecule has 1 rings (SSSR count). The molecule has 72 valence electrons. The summed E-state index contributed by atoms with van der Waals surface area (Å²) in [6, 6.07) is 0. The topological polar surface area (TPSA) is 0 Å². The second-order valence-corrected chi connectivity index (χ2v) is 5.51. The number of hydrogen-bond acceptors (Lipinski definition) is 0. The molecule has 0 aromatic rings. The molecule has 0 N–H and O–H groups in total. The van der Waals surface area contributed by atoms with E-state index in [0.717, 1.165) is 5.92 Å². The van der Waals surface area contributed by atoms with Crippen molar-refractivity contribution < 1.29 is 0 Å². The third kappa shape index (κ3) is 2.22. The Kier molecular flexibility index (Phi) is 4.03. The fourth-order valence-electron chi connectivity index (χ4n) is 2.74. The van der Waals surface area contributed by atoms with Crippen molar-refractivity contribution >= 4 is 9.24 Å². The van der Waals surface area contributed by atoms with Crippen LogP contribution in [0.3, 0.4) is 0 Å². The molecule has 0 aliphatic heterocycles. The predicted octanol–water partition coefficient (Wildman–Crippen LogP) is 4.00. The first-order valence-corrected chi connectivity index (χ1v) is 6.09. The third-order valence-corrected chi connectivity index (χ3v) is 4.41. The Morgan fingerprint density at radius 1 is 1.33 bits per heavy atom. The Morgan fingerprint density at radius 2 is 2.08 bits per heavy atom. The lowest BCUT2D eigenvalue weighted by Crippen LogP contribution is -2.25. The van der Waals surface area contributed by atoms with Crippen molar-refractivity contribution in [3.05, 3.63) is 0 Å². The fraction of sp³-hybridized carbons (Fsp3) is 1.00. The van der Waals surface area contributed by atoms with Crippen LogP contribution in [0.2, 0.25) is 0 Å². The summed E-state index contributed by atoms with van der Waals surface area (Å²) >= 11 is 0. The van der Waals surface area contributed by atoms with Gasteiger partial charge in [-0.25, -0.2) is 0 Å². The van der Waals surface area contributed by atoms with Crippen molar-refractivity contribution in [3.63, 3.8) is 0 Å². The highest BCUT2D eigenvalue weighted by Gasteiger charge is 2.36. The predicted molar refractivity (Wildman–Crippen MR) is 59.6 cm³/mol. The SMILES string of the molecule is CCCC1CCCC1(P)CCC. The second-order valence-electron chi connectivity index (χ2n) is 4.36. The molecule has 0 nitrogen and oxygen atoms in total. The molecule has 0 spiro atoms. The van der Waals surface area contributed by atoms with Crippen LogP contribution in [-0.2, 0) is 0 Å². The van der Waals surface area contributed by atoms with Gasteiger partial charge in [-0.05, 0) is 36.8 Å². The van der Waals surface area contributed by atoms with E-state index in [1.165, 1.54) is 44.9 Å². The Balaban J connectivity index is 2.48. The van der Waals surface area contributed by atoms with Crippen LogP contribution in [0.25, 0.3) is 0 Å². The zero-order valence-corrected chi connectivity index (χ0v) is 9.76. The molecule has 1 aliphatic rings. The second kappa shape index (κ2) is 4.61. The van der Waals surface area contributed by atoms with Gasteiger partial charge in [0.2, 0.25) is 0 Å². The van der Waals surface area contributed by atoms with E-state index in [-0.39, 0.29) is 0 Å². The van der Waals surface area contributed by atoms with Crippen LogP contribution >= 0.6 is 9.24 Å². The van der Waals surface area contributed by atoms with Gasteiger partial charge in [-0.15, -0.1) is 9.24 Å². The lowest BCUT2D eigenvalue weighted by atomic mass is 9.87. The molecule has 3 atom stereocenters. The van der Waals surface area contributed by atoms with E-state index in [1.54, 1.807) is 0 Å². The highest BCUT2D eigenvalue weighted by Crippen LogP contribution is 2.47. The molecule has 1 saturated carbocycles. The standard InChI is InChI=1S/C11H23P/c1-3-6-10-7-5-9-11(10,12)8-4-2/h10H,3-9,12H2,1-2H3. The number of hydrogen-bond donors (Lipinski definition) is 0. The monoisotopic (exact) mass is 186 g/mol. The first kappa shape index (κ1) is 10.5. The zero-order valence-electron chi connectivity index (χ0n) is 8.60. The van der Waals surface area contributed by atoms with Crippen LogP contribution in [0.4, 0.5) is 0 Å². The highest BCUT2D eigenvalue weighted by molar-refractivity contribution is 7.19. The molecule has 0 aromatic carbocycles. The molecular weight excluding hydrogens is 163 g/mol. The minimum absolute atomic E-state index is 0.630.